The maximum absolute atomic E-state index is 12.0. The number of alkyl carbamates (subject to hydrolysis) is 1. The molecule has 2 unspecified atom stereocenters. The third-order valence-electron chi connectivity index (χ3n) is 3.33. The fourth-order valence-corrected chi connectivity index (χ4v) is 1.96. The molecular weight excluding hydrogens is 276 g/mol. The summed E-state index contributed by atoms with van der Waals surface area (Å²) < 4.78 is 9.96. The van der Waals surface area contributed by atoms with Gasteiger partial charge < -0.3 is 20.1 Å². The lowest BCUT2D eigenvalue weighted by molar-refractivity contribution is -0.164. The van der Waals surface area contributed by atoms with E-state index in [1.165, 1.54) is 0 Å². The van der Waals surface area contributed by atoms with Crippen molar-refractivity contribution in [1.82, 2.24) is 10.6 Å². The molecule has 1 amide bonds. The molecule has 0 aromatic heterocycles. The lowest BCUT2D eigenvalue weighted by Crippen LogP contribution is -2.52. The Bertz CT molecular complexity index is 435. The van der Waals surface area contributed by atoms with Gasteiger partial charge in [0.15, 0.2) is 0 Å². The summed E-state index contributed by atoms with van der Waals surface area (Å²) in [5, 5.41) is 5.37. The van der Waals surface area contributed by atoms with Crippen LogP contribution in [-0.2, 0) is 19.1 Å². The fourth-order valence-electron chi connectivity index (χ4n) is 1.96. The van der Waals surface area contributed by atoms with Crippen molar-refractivity contribution < 1.29 is 23.9 Å². The maximum Gasteiger partial charge on any atom is 0.408 e. The van der Waals surface area contributed by atoms with Gasteiger partial charge in [-0.15, -0.1) is 0 Å². The standard InChI is InChI=1S/C14H22N2O5/c1-14(2,3)21-13(19)16-10(8-4-5-8)12(18)20-11(17)9-6-7-15-9/h8-10,15H,4-7H2,1-3H3,(H,16,19). The molecule has 0 bridgehead atoms. The Balaban J connectivity index is 1.87. The summed E-state index contributed by atoms with van der Waals surface area (Å²) in [6.45, 7) is 5.96. The van der Waals surface area contributed by atoms with Crippen LogP contribution in [0.5, 0.6) is 0 Å². The van der Waals surface area contributed by atoms with Crippen LogP contribution in [0.25, 0.3) is 0 Å². The number of ether oxygens (including phenoxy) is 2. The maximum atomic E-state index is 12.0. The van der Waals surface area contributed by atoms with Gasteiger partial charge in [-0.05, 0) is 52.5 Å². The van der Waals surface area contributed by atoms with Gasteiger partial charge in [0.25, 0.3) is 0 Å². The number of hydrogen-bond donors (Lipinski definition) is 2. The van der Waals surface area contributed by atoms with Crippen molar-refractivity contribution in [2.75, 3.05) is 6.54 Å². The van der Waals surface area contributed by atoms with Gasteiger partial charge in [-0.3, -0.25) is 0 Å². The molecule has 1 aliphatic carbocycles. The second-order valence-electron chi connectivity index (χ2n) is 6.50. The molecule has 2 N–H and O–H groups in total. The molecule has 7 heteroatoms. The van der Waals surface area contributed by atoms with E-state index in [0.29, 0.717) is 6.42 Å². The van der Waals surface area contributed by atoms with Crippen LogP contribution in [0, 0.1) is 5.92 Å². The van der Waals surface area contributed by atoms with Gasteiger partial charge in [0.1, 0.15) is 17.7 Å². The third kappa shape index (κ3) is 4.70. The summed E-state index contributed by atoms with van der Waals surface area (Å²) in [6, 6.07) is -1.22. The van der Waals surface area contributed by atoms with E-state index in [0.717, 1.165) is 19.4 Å². The van der Waals surface area contributed by atoms with Crippen LogP contribution >= 0.6 is 0 Å². The number of hydrogen-bond acceptors (Lipinski definition) is 6. The van der Waals surface area contributed by atoms with E-state index in [1.807, 2.05) is 0 Å². The number of amides is 1. The van der Waals surface area contributed by atoms with Crippen molar-refractivity contribution in [3.05, 3.63) is 0 Å². The highest BCUT2D eigenvalue weighted by Gasteiger charge is 2.41. The van der Waals surface area contributed by atoms with Gasteiger partial charge in [0.05, 0.1) is 0 Å². The molecule has 1 saturated heterocycles. The molecule has 7 nitrogen and oxygen atoms in total. The quantitative estimate of drug-likeness (QED) is 0.587. The Morgan fingerprint density at radius 2 is 1.81 bits per heavy atom. The molecule has 2 aliphatic rings. The largest absolute Gasteiger partial charge is 0.444 e. The minimum Gasteiger partial charge on any atom is -0.444 e. The van der Waals surface area contributed by atoms with E-state index >= 15 is 0 Å². The zero-order valence-corrected chi connectivity index (χ0v) is 12.6. The molecule has 1 aliphatic heterocycles. The molecule has 2 atom stereocenters. The van der Waals surface area contributed by atoms with E-state index in [2.05, 4.69) is 10.6 Å². The number of nitrogens with one attached hydrogen (secondary N) is 2. The molecule has 0 aromatic rings. The van der Waals surface area contributed by atoms with Crippen LogP contribution in [0.4, 0.5) is 4.79 Å². The van der Waals surface area contributed by atoms with Gasteiger partial charge in [-0.1, -0.05) is 0 Å². The zero-order valence-electron chi connectivity index (χ0n) is 12.6. The number of esters is 2. The average molecular weight is 298 g/mol. The van der Waals surface area contributed by atoms with Gasteiger partial charge in [0, 0.05) is 0 Å². The van der Waals surface area contributed by atoms with Gasteiger partial charge in [-0.25, -0.2) is 14.4 Å². The minimum absolute atomic E-state index is 0.0205. The number of carbonyl (C=O) groups is 3. The predicted octanol–water partition coefficient (Wildman–Crippen LogP) is 0.721. The summed E-state index contributed by atoms with van der Waals surface area (Å²) >= 11 is 0. The van der Waals surface area contributed by atoms with Crippen molar-refractivity contribution in [2.24, 2.45) is 5.92 Å². The smallest absolute Gasteiger partial charge is 0.408 e. The lowest BCUT2D eigenvalue weighted by atomic mass is 10.1. The first-order valence-electron chi connectivity index (χ1n) is 7.25. The first-order valence-corrected chi connectivity index (χ1v) is 7.25. The Morgan fingerprint density at radius 1 is 1.19 bits per heavy atom. The zero-order chi connectivity index (χ0) is 15.6. The molecular formula is C14H22N2O5. The normalized spacial score (nSPS) is 22.7. The van der Waals surface area contributed by atoms with Crippen molar-refractivity contribution in [2.45, 2.75) is 57.7 Å². The van der Waals surface area contributed by atoms with E-state index < -0.39 is 35.7 Å². The molecule has 118 valence electrons. The first-order chi connectivity index (χ1) is 9.76. The molecule has 0 radical (unpaired) electrons. The van der Waals surface area contributed by atoms with Crippen LogP contribution in [-0.4, -0.2) is 42.3 Å². The monoisotopic (exact) mass is 298 g/mol. The van der Waals surface area contributed by atoms with E-state index in [4.69, 9.17) is 9.47 Å². The lowest BCUT2D eigenvalue weighted by Gasteiger charge is -2.26. The van der Waals surface area contributed by atoms with Crippen molar-refractivity contribution in [3.8, 4) is 0 Å². The first kappa shape index (κ1) is 15.8. The topological polar surface area (TPSA) is 93.7 Å². The Hall–Kier alpha value is -1.63. The summed E-state index contributed by atoms with van der Waals surface area (Å²) in [5.41, 5.74) is -0.645. The molecule has 1 saturated carbocycles. The van der Waals surface area contributed by atoms with Crippen LogP contribution in [0.2, 0.25) is 0 Å². The number of carbonyl (C=O) groups excluding carboxylic acids is 3. The van der Waals surface area contributed by atoms with Crippen LogP contribution in [0.3, 0.4) is 0 Å². The van der Waals surface area contributed by atoms with E-state index in [-0.39, 0.29) is 5.92 Å². The highest BCUT2D eigenvalue weighted by atomic mass is 16.6. The summed E-state index contributed by atoms with van der Waals surface area (Å²) in [5.74, 6) is -1.27. The predicted molar refractivity (Wildman–Crippen MR) is 73.4 cm³/mol. The van der Waals surface area contributed by atoms with Crippen molar-refractivity contribution in [1.29, 1.82) is 0 Å². The molecule has 0 aromatic carbocycles. The molecule has 21 heavy (non-hydrogen) atoms. The van der Waals surface area contributed by atoms with E-state index in [1.54, 1.807) is 20.8 Å². The van der Waals surface area contributed by atoms with Gasteiger partial charge in [-0.2, -0.15) is 0 Å². The van der Waals surface area contributed by atoms with Gasteiger partial charge in [0.2, 0.25) is 0 Å². The van der Waals surface area contributed by atoms with Gasteiger partial charge >= 0.3 is 18.0 Å². The highest BCUT2D eigenvalue weighted by molar-refractivity contribution is 5.93. The van der Waals surface area contributed by atoms with Crippen LogP contribution in [0.1, 0.15) is 40.0 Å². The number of rotatable bonds is 4. The minimum atomic E-state index is -0.816. The van der Waals surface area contributed by atoms with Crippen LogP contribution < -0.4 is 10.6 Å². The Labute approximate surface area is 123 Å². The molecule has 0 spiro atoms. The van der Waals surface area contributed by atoms with Crippen molar-refractivity contribution in [3.63, 3.8) is 0 Å². The molecule has 1 heterocycles. The molecule has 2 rings (SSSR count). The summed E-state index contributed by atoms with van der Waals surface area (Å²) in [6.07, 6.45) is 1.64. The van der Waals surface area contributed by atoms with Crippen molar-refractivity contribution >= 4 is 18.0 Å². The fraction of sp³-hybridized carbons (Fsp3) is 0.786. The second kappa shape index (κ2) is 6.01. The summed E-state index contributed by atoms with van der Waals surface area (Å²) in [4.78, 5) is 35.4. The van der Waals surface area contributed by atoms with E-state index in [9.17, 15) is 14.4 Å². The Morgan fingerprint density at radius 3 is 2.24 bits per heavy atom. The summed E-state index contributed by atoms with van der Waals surface area (Å²) in [7, 11) is 0. The molecule has 2 fully saturated rings. The Kier molecular flexibility index (Phi) is 4.51. The second-order valence-corrected chi connectivity index (χ2v) is 6.50. The highest BCUT2D eigenvalue weighted by Crippen LogP contribution is 2.33. The average Bonchev–Trinajstić information content (AvgIpc) is 3.03. The van der Waals surface area contributed by atoms with Crippen LogP contribution in [0.15, 0.2) is 0 Å². The SMILES string of the molecule is CC(C)(C)OC(=O)NC(C(=O)OC(=O)C1CCN1)C1CC1. The third-order valence-corrected chi connectivity index (χ3v) is 3.33.